The first-order valence-electron chi connectivity index (χ1n) is 14.0. The highest BCUT2D eigenvalue weighted by Gasteiger charge is 2.31. The van der Waals surface area contributed by atoms with Crippen molar-refractivity contribution in [3.05, 3.63) is 71.7 Å². The number of piperidine rings is 1. The second kappa shape index (κ2) is 12.4. The van der Waals surface area contributed by atoms with Gasteiger partial charge in [-0.25, -0.2) is 14.8 Å². The van der Waals surface area contributed by atoms with E-state index in [4.69, 9.17) is 4.74 Å². The van der Waals surface area contributed by atoms with Gasteiger partial charge in [-0.2, -0.15) is 13.2 Å². The SMILES string of the molecule is CC(C)NC(=O)C1CCN(Cc2cc(Oc3ccc4c(c3)CCN4C(=O)Nc3cccc(C(F)(F)F)c3)ncn2)CC1. The molecule has 0 unspecified atom stereocenters. The molecule has 0 aliphatic carbocycles. The zero-order valence-corrected chi connectivity index (χ0v) is 23.4. The molecular formula is C30H33F3N6O3. The van der Waals surface area contributed by atoms with E-state index in [-0.39, 0.29) is 23.6 Å². The number of carbonyl (C=O) groups excluding carboxylic acids is 2. The largest absolute Gasteiger partial charge is 0.439 e. The van der Waals surface area contributed by atoms with Gasteiger partial charge in [-0.3, -0.25) is 14.6 Å². The highest BCUT2D eigenvalue weighted by molar-refractivity contribution is 6.03. The second-order valence-corrected chi connectivity index (χ2v) is 10.9. The summed E-state index contributed by atoms with van der Waals surface area (Å²) in [5.74, 6) is 1.10. The molecule has 1 fully saturated rings. The monoisotopic (exact) mass is 582 g/mol. The van der Waals surface area contributed by atoms with Gasteiger partial charge in [0.05, 0.1) is 11.3 Å². The Morgan fingerprint density at radius 1 is 1.05 bits per heavy atom. The van der Waals surface area contributed by atoms with Gasteiger partial charge in [0, 0.05) is 42.5 Å². The molecule has 3 heterocycles. The third-order valence-corrected chi connectivity index (χ3v) is 7.33. The first kappa shape index (κ1) is 29.3. The lowest BCUT2D eigenvalue weighted by Gasteiger charge is -2.31. The number of rotatable bonds is 7. The van der Waals surface area contributed by atoms with Crippen LogP contribution in [-0.2, 0) is 23.9 Å². The van der Waals surface area contributed by atoms with Crippen molar-refractivity contribution in [1.29, 1.82) is 0 Å². The van der Waals surface area contributed by atoms with Gasteiger partial charge in [-0.05, 0) is 88.2 Å². The Morgan fingerprint density at radius 2 is 1.83 bits per heavy atom. The van der Waals surface area contributed by atoms with E-state index in [1.54, 1.807) is 18.2 Å². The van der Waals surface area contributed by atoms with E-state index in [9.17, 15) is 22.8 Å². The third-order valence-electron chi connectivity index (χ3n) is 7.33. The lowest BCUT2D eigenvalue weighted by Crippen LogP contribution is -2.42. The van der Waals surface area contributed by atoms with E-state index in [1.165, 1.54) is 23.4 Å². The minimum absolute atomic E-state index is 0.0373. The number of nitrogens with one attached hydrogen (secondary N) is 2. The van der Waals surface area contributed by atoms with Gasteiger partial charge in [0.2, 0.25) is 11.8 Å². The first-order valence-corrected chi connectivity index (χ1v) is 14.0. The van der Waals surface area contributed by atoms with E-state index in [0.717, 1.165) is 49.3 Å². The maximum atomic E-state index is 13.0. The van der Waals surface area contributed by atoms with Gasteiger partial charge in [-0.1, -0.05) is 6.07 Å². The molecule has 42 heavy (non-hydrogen) atoms. The summed E-state index contributed by atoms with van der Waals surface area (Å²) in [6.07, 6.45) is -0.858. The van der Waals surface area contributed by atoms with Crippen LogP contribution in [0.15, 0.2) is 54.9 Å². The number of hydrogen-bond donors (Lipinski definition) is 2. The predicted molar refractivity (Wildman–Crippen MR) is 151 cm³/mol. The standard InChI is InChI=1S/C30H33F3N6O3/c1-19(2)36-28(40)20-8-11-38(12-9-20)17-24-16-27(35-18-34-24)42-25-6-7-26-21(14-25)10-13-39(26)29(41)37-23-5-3-4-22(15-23)30(31,32)33/h3-7,14-16,18-20H,8-13,17H2,1-2H3,(H,36,40)(H,37,41). The quantitative estimate of drug-likeness (QED) is 0.375. The Balaban J connectivity index is 1.17. The maximum Gasteiger partial charge on any atom is 0.416 e. The van der Waals surface area contributed by atoms with Crippen molar-refractivity contribution in [2.45, 2.75) is 51.9 Å². The number of likely N-dealkylation sites (tertiary alicyclic amines) is 1. The van der Waals surface area contributed by atoms with Crippen LogP contribution in [0.3, 0.4) is 0 Å². The maximum absolute atomic E-state index is 13.0. The molecule has 12 heteroatoms. The fraction of sp³-hybridized carbons (Fsp3) is 0.400. The van der Waals surface area contributed by atoms with E-state index < -0.39 is 17.8 Å². The normalized spacial score (nSPS) is 15.9. The highest BCUT2D eigenvalue weighted by Crippen LogP contribution is 2.34. The zero-order valence-electron chi connectivity index (χ0n) is 23.4. The molecule has 9 nitrogen and oxygen atoms in total. The van der Waals surface area contributed by atoms with Gasteiger partial charge in [0.1, 0.15) is 12.1 Å². The molecule has 0 spiro atoms. The minimum Gasteiger partial charge on any atom is -0.439 e. The highest BCUT2D eigenvalue weighted by atomic mass is 19.4. The van der Waals surface area contributed by atoms with Gasteiger partial charge in [-0.15, -0.1) is 0 Å². The number of nitrogens with zero attached hydrogens (tertiary/aromatic N) is 4. The van der Waals surface area contributed by atoms with Crippen LogP contribution in [0.5, 0.6) is 11.6 Å². The lowest BCUT2D eigenvalue weighted by atomic mass is 9.95. The molecule has 3 aromatic rings. The van der Waals surface area contributed by atoms with Crippen LogP contribution in [-0.4, -0.2) is 52.5 Å². The summed E-state index contributed by atoms with van der Waals surface area (Å²) in [4.78, 5) is 37.6. The van der Waals surface area contributed by atoms with Gasteiger partial charge in [0.25, 0.3) is 0 Å². The van der Waals surface area contributed by atoms with E-state index in [0.29, 0.717) is 36.8 Å². The average Bonchev–Trinajstić information content (AvgIpc) is 3.36. The summed E-state index contributed by atoms with van der Waals surface area (Å²) in [5.41, 5.74) is 1.60. The fourth-order valence-electron chi connectivity index (χ4n) is 5.24. The molecule has 2 aliphatic heterocycles. The van der Waals surface area contributed by atoms with Crippen molar-refractivity contribution in [2.75, 3.05) is 29.9 Å². The molecule has 2 aromatic carbocycles. The van der Waals surface area contributed by atoms with E-state index >= 15 is 0 Å². The number of fused-ring (bicyclic) bond motifs is 1. The molecule has 2 aliphatic rings. The summed E-state index contributed by atoms with van der Waals surface area (Å²) in [6.45, 7) is 6.55. The average molecular weight is 583 g/mol. The molecule has 1 saturated heterocycles. The van der Waals surface area contributed by atoms with Gasteiger partial charge in [0.15, 0.2) is 0 Å². The number of urea groups is 1. The number of alkyl halides is 3. The topological polar surface area (TPSA) is 99.7 Å². The van der Waals surface area contributed by atoms with Crippen LogP contribution in [0.4, 0.5) is 29.3 Å². The molecule has 5 rings (SSSR count). The number of ether oxygens (including phenoxy) is 1. The molecular weight excluding hydrogens is 549 g/mol. The number of halogens is 3. The zero-order chi connectivity index (χ0) is 29.9. The smallest absolute Gasteiger partial charge is 0.416 e. The van der Waals surface area contributed by atoms with Crippen LogP contribution in [0.1, 0.15) is 43.5 Å². The van der Waals surface area contributed by atoms with Gasteiger partial charge < -0.3 is 15.4 Å². The molecule has 0 radical (unpaired) electrons. The number of benzene rings is 2. The number of hydrogen-bond acceptors (Lipinski definition) is 6. The second-order valence-electron chi connectivity index (χ2n) is 10.9. The van der Waals surface area contributed by atoms with Crippen LogP contribution in [0.2, 0.25) is 0 Å². The van der Waals surface area contributed by atoms with E-state index in [2.05, 4.69) is 25.5 Å². The van der Waals surface area contributed by atoms with Crippen molar-refractivity contribution in [1.82, 2.24) is 20.2 Å². The van der Waals surface area contributed by atoms with Crippen molar-refractivity contribution in [3.63, 3.8) is 0 Å². The Morgan fingerprint density at radius 3 is 2.57 bits per heavy atom. The Labute approximate surface area is 242 Å². The summed E-state index contributed by atoms with van der Waals surface area (Å²) in [6, 6.07) is 11.3. The lowest BCUT2D eigenvalue weighted by molar-refractivity contribution is -0.137. The van der Waals surface area contributed by atoms with Crippen LogP contribution < -0.4 is 20.3 Å². The predicted octanol–water partition coefficient (Wildman–Crippen LogP) is 5.62. The van der Waals surface area contributed by atoms with Crippen molar-refractivity contribution in [2.24, 2.45) is 5.92 Å². The fourth-order valence-corrected chi connectivity index (χ4v) is 5.24. The summed E-state index contributed by atoms with van der Waals surface area (Å²) in [5, 5.41) is 5.56. The van der Waals surface area contributed by atoms with Crippen molar-refractivity contribution in [3.8, 4) is 11.6 Å². The summed E-state index contributed by atoms with van der Waals surface area (Å²) >= 11 is 0. The first-order chi connectivity index (χ1) is 20.0. The molecule has 222 valence electrons. The van der Waals surface area contributed by atoms with Crippen LogP contribution >= 0.6 is 0 Å². The van der Waals surface area contributed by atoms with Crippen molar-refractivity contribution >= 4 is 23.3 Å². The molecule has 0 atom stereocenters. The molecule has 0 bridgehead atoms. The van der Waals surface area contributed by atoms with Crippen LogP contribution in [0.25, 0.3) is 0 Å². The molecule has 2 N–H and O–H groups in total. The summed E-state index contributed by atoms with van der Waals surface area (Å²) < 4.78 is 45.1. The van der Waals surface area contributed by atoms with E-state index in [1.807, 2.05) is 19.9 Å². The Hall–Kier alpha value is -4.19. The Kier molecular flexibility index (Phi) is 8.62. The third kappa shape index (κ3) is 7.17. The molecule has 0 saturated carbocycles. The molecule has 3 amide bonds. The number of carbonyl (C=O) groups is 2. The minimum atomic E-state index is -4.49. The van der Waals surface area contributed by atoms with Gasteiger partial charge >= 0.3 is 12.2 Å². The number of aromatic nitrogens is 2. The summed E-state index contributed by atoms with van der Waals surface area (Å²) in [7, 11) is 0. The number of anilines is 2. The van der Waals surface area contributed by atoms with Crippen LogP contribution in [0, 0.1) is 5.92 Å². The number of amides is 3. The Bertz CT molecular complexity index is 1440. The van der Waals surface area contributed by atoms with Crippen molar-refractivity contribution < 1.29 is 27.5 Å². The molecule has 1 aromatic heterocycles.